The van der Waals surface area contributed by atoms with E-state index in [4.69, 9.17) is 5.11 Å². The summed E-state index contributed by atoms with van der Waals surface area (Å²) in [4.78, 5) is 18.9. The Morgan fingerprint density at radius 1 is 1.50 bits per heavy atom. The number of hydrogen-bond donors (Lipinski definition) is 2. The van der Waals surface area contributed by atoms with E-state index >= 15 is 0 Å². The molecule has 3 rings (SSSR count). The van der Waals surface area contributed by atoms with Gasteiger partial charge in [-0.2, -0.15) is 0 Å². The Morgan fingerprint density at radius 3 is 3.00 bits per heavy atom. The van der Waals surface area contributed by atoms with E-state index < -0.39 is 5.97 Å². The topological polar surface area (TPSA) is 75.1 Å². The van der Waals surface area contributed by atoms with Crippen LogP contribution in [0.4, 0.5) is 5.82 Å². The number of hydrogen-bond acceptors (Lipinski definition) is 5. The molecule has 0 bridgehead atoms. The van der Waals surface area contributed by atoms with E-state index in [0.717, 1.165) is 17.5 Å². The van der Waals surface area contributed by atoms with Gasteiger partial charge in [-0.25, -0.2) is 14.8 Å². The van der Waals surface area contributed by atoms with Gasteiger partial charge >= 0.3 is 5.97 Å². The van der Waals surface area contributed by atoms with Gasteiger partial charge in [-0.1, -0.05) is 0 Å². The molecular weight excluding hydrogens is 226 g/mol. The maximum absolute atomic E-state index is 10.9. The third-order valence-electron chi connectivity index (χ3n) is 2.41. The Hall–Kier alpha value is -1.69. The molecule has 1 saturated carbocycles. The molecule has 0 aromatic carbocycles. The second-order valence-electron chi connectivity index (χ2n) is 3.75. The lowest BCUT2D eigenvalue weighted by molar-refractivity contribution is 0.0684. The van der Waals surface area contributed by atoms with Crippen LogP contribution in [-0.4, -0.2) is 27.1 Å². The van der Waals surface area contributed by atoms with Crippen LogP contribution in [0.2, 0.25) is 0 Å². The van der Waals surface area contributed by atoms with Crippen LogP contribution in [0.15, 0.2) is 11.4 Å². The van der Waals surface area contributed by atoms with E-state index in [0.29, 0.717) is 17.4 Å². The fourth-order valence-corrected chi connectivity index (χ4v) is 2.26. The summed E-state index contributed by atoms with van der Waals surface area (Å²) in [6.07, 6.45) is 2.25. The van der Waals surface area contributed by atoms with Crippen LogP contribution < -0.4 is 5.32 Å². The van der Waals surface area contributed by atoms with Gasteiger partial charge in [0.2, 0.25) is 5.82 Å². The molecule has 0 saturated heterocycles. The van der Waals surface area contributed by atoms with Gasteiger partial charge in [0.25, 0.3) is 0 Å². The SMILES string of the molecule is O=C(O)c1nc(NC2CC2)c2sccc2n1. The summed E-state index contributed by atoms with van der Waals surface area (Å²) in [7, 11) is 0. The number of anilines is 1. The highest BCUT2D eigenvalue weighted by atomic mass is 32.1. The minimum absolute atomic E-state index is 0.144. The lowest BCUT2D eigenvalue weighted by Gasteiger charge is -2.05. The molecule has 0 unspecified atom stereocenters. The van der Waals surface area contributed by atoms with Gasteiger partial charge in [-0.05, 0) is 24.3 Å². The normalized spacial score (nSPS) is 15.2. The van der Waals surface area contributed by atoms with Crippen LogP contribution in [0.1, 0.15) is 23.5 Å². The molecule has 2 aromatic heterocycles. The van der Waals surface area contributed by atoms with E-state index in [2.05, 4.69) is 15.3 Å². The Bertz CT molecular complexity index is 562. The van der Waals surface area contributed by atoms with Crippen LogP contribution in [0.3, 0.4) is 0 Å². The molecule has 2 N–H and O–H groups in total. The Labute approximate surface area is 95.2 Å². The molecule has 2 heterocycles. The van der Waals surface area contributed by atoms with Gasteiger partial charge in [0.1, 0.15) is 5.82 Å². The maximum Gasteiger partial charge on any atom is 0.374 e. The molecule has 6 heteroatoms. The fraction of sp³-hybridized carbons (Fsp3) is 0.300. The molecule has 0 spiro atoms. The summed E-state index contributed by atoms with van der Waals surface area (Å²) in [5.74, 6) is -0.583. The summed E-state index contributed by atoms with van der Waals surface area (Å²) < 4.78 is 0.928. The molecule has 1 aliphatic carbocycles. The zero-order valence-electron chi connectivity index (χ0n) is 8.30. The first-order chi connectivity index (χ1) is 7.74. The minimum Gasteiger partial charge on any atom is -0.475 e. The highest BCUT2D eigenvalue weighted by Crippen LogP contribution is 2.30. The van der Waals surface area contributed by atoms with E-state index in [-0.39, 0.29) is 5.82 Å². The zero-order chi connectivity index (χ0) is 11.1. The maximum atomic E-state index is 10.9. The van der Waals surface area contributed by atoms with E-state index in [1.54, 1.807) is 0 Å². The van der Waals surface area contributed by atoms with Crippen molar-refractivity contribution in [2.45, 2.75) is 18.9 Å². The van der Waals surface area contributed by atoms with Crippen molar-refractivity contribution in [3.63, 3.8) is 0 Å². The number of fused-ring (bicyclic) bond motifs is 1. The van der Waals surface area contributed by atoms with E-state index in [1.807, 2.05) is 11.4 Å². The number of rotatable bonds is 3. The van der Waals surface area contributed by atoms with Gasteiger partial charge in [0.05, 0.1) is 10.2 Å². The Morgan fingerprint density at radius 2 is 2.31 bits per heavy atom. The molecule has 5 nitrogen and oxygen atoms in total. The predicted molar refractivity (Wildman–Crippen MR) is 61.0 cm³/mol. The van der Waals surface area contributed by atoms with Crippen molar-refractivity contribution in [1.29, 1.82) is 0 Å². The summed E-state index contributed by atoms with van der Waals surface area (Å²) in [6.45, 7) is 0. The molecule has 0 amide bonds. The Balaban J connectivity index is 2.13. The van der Waals surface area contributed by atoms with Crippen molar-refractivity contribution < 1.29 is 9.90 Å². The highest BCUT2D eigenvalue weighted by molar-refractivity contribution is 7.17. The molecule has 0 aliphatic heterocycles. The van der Waals surface area contributed by atoms with Crippen LogP contribution in [0.25, 0.3) is 10.2 Å². The van der Waals surface area contributed by atoms with Gasteiger partial charge in [0, 0.05) is 6.04 Å². The first-order valence-electron chi connectivity index (χ1n) is 4.99. The molecule has 82 valence electrons. The summed E-state index contributed by atoms with van der Waals surface area (Å²) in [5, 5.41) is 14.0. The standard InChI is InChI=1S/C10H9N3O2S/c14-10(15)9-12-6-3-4-16-7(6)8(13-9)11-5-1-2-5/h3-5H,1-2H2,(H,14,15)(H,11,12,13). The largest absolute Gasteiger partial charge is 0.475 e. The van der Waals surface area contributed by atoms with Crippen molar-refractivity contribution in [1.82, 2.24) is 9.97 Å². The van der Waals surface area contributed by atoms with Gasteiger partial charge in [-0.15, -0.1) is 11.3 Å². The van der Waals surface area contributed by atoms with Crippen molar-refractivity contribution in [3.05, 3.63) is 17.3 Å². The lowest BCUT2D eigenvalue weighted by Crippen LogP contribution is -2.09. The van der Waals surface area contributed by atoms with Crippen molar-refractivity contribution in [2.75, 3.05) is 5.32 Å². The van der Waals surface area contributed by atoms with Gasteiger partial charge in [0.15, 0.2) is 0 Å². The number of carbonyl (C=O) groups is 1. The molecule has 1 fully saturated rings. The van der Waals surface area contributed by atoms with Crippen LogP contribution in [0, 0.1) is 0 Å². The average Bonchev–Trinajstić information content (AvgIpc) is 2.93. The van der Waals surface area contributed by atoms with Crippen LogP contribution in [-0.2, 0) is 0 Å². The molecular formula is C10H9N3O2S. The molecule has 2 aromatic rings. The second-order valence-corrected chi connectivity index (χ2v) is 4.67. The number of nitrogens with one attached hydrogen (secondary N) is 1. The molecule has 0 radical (unpaired) electrons. The quantitative estimate of drug-likeness (QED) is 0.850. The predicted octanol–water partition coefficient (Wildman–Crippen LogP) is 1.96. The first-order valence-corrected chi connectivity index (χ1v) is 5.87. The number of nitrogens with zero attached hydrogens (tertiary/aromatic N) is 2. The average molecular weight is 235 g/mol. The van der Waals surface area contributed by atoms with E-state index in [1.165, 1.54) is 11.3 Å². The highest BCUT2D eigenvalue weighted by Gasteiger charge is 2.23. The second kappa shape index (κ2) is 3.41. The number of aromatic carboxylic acids is 1. The van der Waals surface area contributed by atoms with Crippen molar-refractivity contribution in [3.8, 4) is 0 Å². The third kappa shape index (κ3) is 1.61. The Kier molecular flexibility index (Phi) is 2.03. The van der Waals surface area contributed by atoms with Crippen LogP contribution in [0.5, 0.6) is 0 Å². The number of carboxylic acid groups (broad SMARTS) is 1. The zero-order valence-corrected chi connectivity index (χ0v) is 9.12. The smallest absolute Gasteiger partial charge is 0.374 e. The number of carboxylic acids is 1. The van der Waals surface area contributed by atoms with Crippen molar-refractivity contribution >= 4 is 33.3 Å². The lowest BCUT2D eigenvalue weighted by atomic mass is 10.4. The number of aromatic nitrogens is 2. The van der Waals surface area contributed by atoms with E-state index in [9.17, 15) is 4.79 Å². The fourth-order valence-electron chi connectivity index (χ4n) is 1.48. The number of thiophene rings is 1. The molecule has 1 aliphatic rings. The summed E-state index contributed by atoms with van der Waals surface area (Å²) in [6, 6.07) is 2.26. The monoisotopic (exact) mass is 235 g/mol. The molecule has 16 heavy (non-hydrogen) atoms. The van der Waals surface area contributed by atoms with Crippen LogP contribution >= 0.6 is 11.3 Å². The minimum atomic E-state index is -1.09. The third-order valence-corrected chi connectivity index (χ3v) is 3.32. The molecule has 0 atom stereocenters. The van der Waals surface area contributed by atoms with Crippen molar-refractivity contribution in [2.24, 2.45) is 0 Å². The summed E-state index contributed by atoms with van der Waals surface area (Å²) >= 11 is 1.52. The van der Waals surface area contributed by atoms with Gasteiger partial charge < -0.3 is 10.4 Å². The summed E-state index contributed by atoms with van der Waals surface area (Å²) in [5.41, 5.74) is 0.695. The first kappa shape index (κ1) is 9.53. The van der Waals surface area contributed by atoms with Gasteiger partial charge in [-0.3, -0.25) is 0 Å².